The molecular formula is C14H21N3O3S. The zero-order chi connectivity index (χ0) is 15.1. The second kappa shape index (κ2) is 8.02. The van der Waals surface area contributed by atoms with Gasteiger partial charge in [0.15, 0.2) is 16.6 Å². The van der Waals surface area contributed by atoms with E-state index in [9.17, 15) is 5.11 Å². The van der Waals surface area contributed by atoms with Crippen LogP contribution in [-0.4, -0.2) is 61.6 Å². The largest absolute Gasteiger partial charge is 0.504 e. The van der Waals surface area contributed by atoms with E-state index in [-0.39, 0.29) is 5.75 Å². The number of thiocarbonyl (C=S) groups is 1. The molecule has 0 aromatic heterocycles. The number of aromatic hydroxyl groups is 1. The van der Waals surface area contributed by atoms with Gasteiger partial charge in [0, 0.05) is 37.9 Å². The van der Waals surface area contributed by atoms with Gasteiger partial charge in [0.05, 0.1) is 20.3 Å². The van der Waals surface area contributed by atoms with Gasteiger partial charge in [-0.05, 0) is 24.4 Å². The topological polar surface area (TPSA) is 66.0 Å². The van der Waals surface area contributed by atoms with Crippen molar-refractivity contribution in [3.05, 3.63) is 18.2 Å². The Morgan fingerprint density at radius 2 is 2.19 bits per heavy atom. The summed E-state index contributed by atoms with van der Waals surface area (Å²) in [7, 11) is 1.51. The Balaban J connectivity index is 1.72. The molecule has 0 bridgehead atoms. The first-order valence-electron chi connectivity index (χ1n) is 6.91. The number of anilines is 1. The SMILES string of the molecule is COc1ccc(NC(=S)NCCN2CCOCC2)cc1O. The molecule has 1 aromatic carbocycles. The van der Waals surface area contributed by atoms with Crippen LogP contribution in [0.1, 0.15) is 0 Å². The fourth-order valence-corrected chi connectivity index (χ4v) is 2.32. The lowest BCUT2D eigenvalue weighted by atomic mass is 10.3. The number of phenolic OH excluding ortho intramolecular Hbond substituents is 1. The van der Waals surface area contributed by atoms with Crippen LogP contribution in [0.15, 0.2) is 18.2 Å². The molecule has 1 fully saturated rings. The Labute approximate surface area is 130 Å². The van der Waals surface area contributed by atoms with Gasteiger partial charge < -0.3 is 25.2 Å². The van der Waals surface area contributed by atoms with E-state index < -0.39 is 0 Å². The lowest BCUT2D eigenvalue weighted by molar-refractivity contribution is 0.0389. The first kappa shape index (κ1) is 15.8. The molecular weight excluding hydrogens is 290 g/mol. The van der Waals surface area contributed by atoms with Gasteiger partial charge in [-0.3, -0.25) is 4.90 Å². The number of nitrogens with one attached hydrogen (secondary N) is 2. The minimum Gasteiger partial charge on any atom is -0.504 e. The van der Waals surface area contributed by atoms with Gasteiger partial charge in [0.25, 0.3) is 0 Å². The van der Waals surface area contributed by atoms with Crippen molar-refractivity contribution in [1.29, 1.82) is 0 Å². The Kier molecular flexibility index (Phi) is 6.04. The van der Waals surface area contributed by atoms with Crippen molar-refractivity contribution in [1.82, 2.24) is 10.2 Å². The molecule has 1 aliphatic rings. The minimum absolute atomic E-state index is 0.0821. The lowest BCUT2D eigenvalue weighted by Gasteiger charge is -2.26. The predicted octanol–water partition coefficient (Wildman–Crippen LogP) is 1.02. The van der Waals surface area contributed by atoms with Crippen molar-refractivity contribution in [3.63, 3.8) is 0 Å². The molecule has 0 unspecified atom stereocenters. The second-order valence-electron chi connectivity index (χ2n) is 4.72. The third kappa shape index (κ3) is 5.04. The van der Waals surface area contributed by atoms with Gasteiger partial charge in [-0.2, -0.15) is 0 Å². The molecule has 6 nitrogen and oxygen atoms in total. The van der Waals surface area contributed by atoms with Gasteiger partial charge >= 0.3 is 0 Å². The van der Waals surface area contributed by atoms with E-state index in [4.69, 9.17) is 21.7 Å². The zero-order valence-electron chi connectivity index (χ0n) is 12.1. The smallest absolute Gasteiger partial charge is 0.170 e. The van der Waals surface area contributed by atoms with Crippen molar-refractivity contribution in [2.24, 2.45) is 0 Å². The third-order valence-corrected chi connectivity index (χ3v) is 3.50. The summed E-state index contributed by atoms with van der Waals surface area (Å²) in [6.45, 7) is 5.23. The zero-order valence-corrected chi connectivity index (χ0v) is 12.9. The molecule has 0 spiro atoms. The summed E-state index contributed by atoms with van der Waals surface area (Å²) >= 11 is 5.23. The quantitative estimate of drug-likeness (QED) is 0.702. The minimum atomic E-state index is 0.0821. The normalized spacial score (nSPS) is 15.5. The molecule has 0 atom stereocenters. The Hall–Kier alpha value is -1.57. The number of ether oxygens (including phenoxy) is 2. The van der Waals surface area contributed by atoms with E-state index in [2.05, 4.69) is 15.5 Å². The molecule has 1 heterocycles. The first-order valence-corrected chi connectivity index (χ1v) is 7.32. The number of hydrogen-bond donors (Lipinski definition) is 3. The van der Waals surface area contributed by atoms with E-state index in [0.717, 1.165) is 45.1 Å². The summed E-state index contributed by atoms with van der Waals surface area (Å²) in [5.41, 5.74) is 0.720. The van der Waals surface area contributed by atoms with Crippen LogP contribution in [0.5, 0.6) is 11.5 Å². The van der Waals surface area contributed by atoms with Crippen molar-refractivity contribution < 1.29 is 14.6 Å². The molecule has 3 N–H and O–H groups in total. The van der Waals surface area contributed by atoms with Crippen molar-refractivity contribution in [2.75, 3.05) is 51.8 Å². The molecule has 7 heteroatoms. The average Bonchev–Trinajstić information content (AvgIpc) is 2.48. The molecule has 1 aromatic rings. The van der Waals surface area contributed by atoms with Crippen LogP contribution >= 0.6 is 12.2 Å². The van der Waals surface area contributed by atoms with E-state index in [1.54, 1.807) is 18.2 Å². The van der Waals surface area contributed by atoms with Gasteiger partial charge in [0.1, 0.15) is 0 Å². The highest BCUT2D eigenvalue weighted by Crippen LogP contribution is 2.28. The van der Waals surface area contributed by atoms with Crippen LogP contribution in [0.3, 0.4) is 0 Å². The van der Waals surface area contributed by atoms with Crippen molar-refractivity contribution in [3.8, 4) is 11.5 Å². The Morgan fingerprint density at radius 1 is 1.43 bits per heavy atom. The highest BCUT2D eigenvalue weighted by atomic mass is 32.1. The Morgan fingerprint density at radius 3 is 2.86 bits per heavy atom. The maximum Gasteiger partial charge on any atom is 0.170 e. The summed E-state index contributed by atoms with van der Waals surface area (Å²) in [6.07, 6.45) is 0. The van der Waals surface area contributed by atoms with Crippen LogP contribution < -0.4 is 15.4 Å². The summed E-state index contributed by atoms with van der Waals surface area (Å²) in [5, 5.41) is 16.4. The van der Waals surface area contributed by atoms with Crippen LogP contribution in [0.2, 0.25) is 0 Å². The average molecular weight is 311 g/mol. The maximum atomic E-state index is 9.70. The predicted molar refractivity (Wildman–Crippen MR) is 86.1 cm³/mol. The maximum absolute atomic E-state index is 9.70. The van der Waals surface area contributed by atoms with Crippen molar-refractivity contribution in [2.45, 2.75) is 0 Å². The van der Waals surface area contributed by atoms with Crippen LogP contribution in [0, 0.1) is 0 Å². The summed E-state index contributed by atoms with van der Waals surface area (Å²) in [6, 6.07) is 5.07. The van der Waals surface area contributed by atoms with Crippen molar-refractivity contribution >= 4 is 23.0 Å². The van der Waals surface area contributed by atoms with Gasteiger partial charge in [-0.1, -0.05) is 0 Å². The summed E-state index contributed by atoms with van der Waals surface area (Å²) < 4.78 is 10.3. The lowest BCUT2D eigenvalue weighted by Crippen LogP contribution is -2.42. The third-order valence-electron chi connectivity index (χ3n) is 3.25. The standard InChI is InChI=1S/C14H21N3O3S/c1-19-13-3-2-11(10-12(13)18)16-14(21)15-4-5-17-6-8-20-9-7-17/h2-3,10,18H,4-9H2,1H3,(H2,15,16,21). The molecule has 116 valence electrons. The number of morpholine rings is 1. The number of nitrogens with zero attached hydrogens (tertiary/aromatic N) is 1. The van der Waals surface area contributed by atoms with E-state index in [1.807, 2.05) is 0 Å². The molecule has 0 saturated carbocycles. The fourth-order valence-electron chi connectivity index (χ4n) is 2.10. The Bertz CT molecular complexity index is 479. The number of methoxy groups -OCH3 is 1. The molecule has 0 amide bonds. The summed E-state index contributed by atoms with van der Waals surface area (Å²) in [5.74, 6) is 0.519. The highest BCUT2D eigenvalue weighted by Gasteiger charge is 2.09. The molecule has 1 aliphatic heterocycles. The van der Waals surface area contributed by atoms with Gasteiger partial charge in [-0.25, -0.2) is 0 Å². The number of rotatable bonds is 5. The summed E-state index contributed by atoms with van der Waals surface area (Å²) in [4.78, 5) is 2.33. The van der Waals surface area contributed by atoms with Crippen LogP contribution in [-0.2, 0) is 4.74 Å². The van der Waals surface area contributed by atoms with Crippen LogP contribution in [0.4, 0.5) is 5.69 Å². The van der Waals surface area contributed by atoms with Gasteiger partial charge in [-0.15, -0.1) is 0 Å². The van der Waals surface area contributed by atoms with Crippen LogP contribution in [0.25, 0.3) is 0 Å². The molecule has 0 radical (unpaired) electrons. The highest BCUT2D eigenvalue weighted by molar-refractivity contribution is 7.80. The molecule has 0 aliphatic carbocycles. The molecule has 21 heavy (non-hydrogen) atoms. The second-order valence-corrected chi connectivity index (χ2v) is 5.13. The fraction of sp³-hybridized carbons (Fsp3) is 0.500. The number of benzene rings is 1. The van der Waals surface area contributed by atoms with E-state index in [0.29, 0.717) is 10.9 Å². The van der Waals surface area contributed by atoms with Gasteiger partial charge in [0.2, 0.25) is 0 Å². The number of phenols is 1. The van der Waals surface area contributed by atoms with E-state index in [1.165, 1.54) is 7.11 Å². The first-order chi connectivity index (χ1) is 10.2. The molecule has 2 rings (SSSR count). The molecule has 1 saturated heterocycles. The van der Waals surface area contributed by atoms with E-state index >= 15 is 0 Å². The monoisotopic (exact) mass is 311 g/mol. The number of hydrogen-bond acceptors (Lipinski definition) is 5.